The predicted molar refractivity (Wildman–Crippen MR) is 106 cm³/mol. The lowest BCUT2D eigenvalue weighted by Crippen LogP contribution is -2.21. The van der Waals surface area contributed by atoms with E-state index in [1.54, 1.807) is 7.11 Å². The Kier molecular flexibility index (Phi) is 4.31. The number of carbonyl (C=O) groups excluding carboxylic acids is 1. The molecule has 5 heteroatoms. The zero-order valence-electron chi connectivity index (χ0n) is 14.6. The summed E-state index contributed by atoms with van der Waals surface area (Å²) in [4.78, 5) is 18.7. The van der Waals surface area contributed by atoms with Gasteiger partial charge in [-0.1, -0.05) is 23.8 Å². The summed E-state index contributed by atoms with van der Waals surface area (Å²) in [5.41, 5.74) is 3.18. The van der Waals surface area contributed by atoms with E-state index in [9.17, 15) is 4.79 Å². The molecule has 0 aliphatic rings. The largest absolute Gasteiger partial charge is 0.497 e. The maximum absolute atomic E-state index is 12.5. The van der Waals surface area contributed by atoms with Crippen LogP contribution in [0.4, 0.5) is 0 Å². The van der Waals surface area contributed by atoms with Crippen molar-refractivity contribution in [3.63, 3.8) is 0 Å². The Bertz CT molecular complexity index is 1100. The molecule has 1 N–H and O–H groups in total. The monoisotopic (exact) mass is 362 g/mol. The molecule has 0 bridgehead atoms. The van der Waals surface area contributed by atoms with Crippen molar-refractivity contribution in [1.29, 1.82) is 0 Å². The SMILES string of the molecule is COc1ccc(CNC(=O)c2cc3cc4cc(C)ccc4nc3s2)cc1. The Balaban J connectivity index is 1.55. The highest BCUT2D eigenvalue weighted by Crippen LogP contribution is 2.28. The molecule has 0 aliphatic heterocycles. The zero-order valence-corrected chi connectivity index (χ0v) is 15.4. The van der Waals surface area contributed by atoms with Crippen LogP contribution in [0, 0.1) is 6.92 Å². The number of hydrogen-bond donors (Lipinski definition) is 1. The number of hydrogen-bond acceptors (Lipinski definition) is 4. The van der Waals surface area contributed by atoms with Crippen LogP contribution in [0.25, 0.3) is 21.1 Å². The van der Waals surface area contributed by atoms with Gasteiger partial charge in [0.2, 0.25) is 0 Å². The van der Waals surface area contributed by atoms with Crippen LogP contribution in [0.2, 0.25) is 0 Å². The number of nitrogens with zero attached hydrogens (tertiary/aromatic N) is 1. The van der Waals surface area contributed by atoms with Crippen molar-refractivity contribution in [3.05, 3.63) is 70.6 Å². The average Bonchev–Trinajstić information content (AvgIpc) is 3.07. The molecule has 4 aromatic rings. The van der Waals surface area contributed by atoms with Gasteiger partial charge in [-0.2, -0.15) is 0 Å². The Labute approximate surface area is 155 Å². The Hall–Kier alpha value is -2.92. The number of benzene rings is 2. The molecule has 1 amide bonds. The molecule has 0 saturated heterocycles. The first-order valence-electron chi connectivity index (χ1n) is 8.34. The molecular formula is C21H18N2O2S. The van der Waals surface area contributed by atoms with Gasteiger partial charge in [-0.05, 0) is 48.9 Å². The van der Waals surface area contributed by atoms with Crippen LogP contribution < -0.4 is 10.1 Å². The second kappa shape index (κ2) is 6.77. The van der Waals surface area contributed by atoms with Crippen LogP contribution in [0.1, 0.15) is 20.8 Å². The lowest BCUT2D eigenvalue weighted by Gasteiger charge is -2.05. The van der Waals surface area contributed by atoms with Crippen molar-refractivity contribution in [2.45, 2.75) is 13.5 Å². The van der Waals surface area contributed by atoms with Gasteiger partial charge in [0.15, 0.2) is 0 Å². The van der Waals surface area contributed by atoms with E-state index in [1.165, 1.54) is 16.9 Å². The molecule has 0 fully saturated rings. The third kappa shape index (κ3) is 3.26. The number of amides is 1. The normalized spacial score (nSPS) is 11.0. The third-order valence-electron chi connectivity index (χ3n) is 4.29. The average molecular weight is 362 g/mol. The molecule has 0 aliphatic carbocycles. The number of nitrogens with one attached hydrogen (secondary N) is 1. The Morgan fingerprint density at radius 3 is 2.65 bits per heavy atom. The summed E-state index contributed by atoms with van der Waals surface area (Å²) < 4.78 is 5.15. The van der Waals surface area contributed by atoms with Crippen LogP contribution in [0.15, 0.2) is 54.6 Å². The summed E-state index contributed by atoms with van der Waals surface area (Å²) >= 11 is 1.42. The van der Waals surface area contributed by atoms with Crippen LogP contribution in [-0.2, 0) is 6.54 Å². The molecule has 0 spiro atoms. The summed E-state index contributed by atoms with van der Waals surface area (Å²) in [6.07, 6.45) is 0. The van der Waals surface area contributed by atoms with Crippen molar-refractivity contribution in [3.8, 4) is 5.75 Å². The van der Waals surface area contributed by atoms with Crippen LogP contribution in [0.5, 0.6) is 5.75 Å². The summed E-state index contributed by atoms with van der Waals surface area (Å²) in [5.74, 6) is 0.724. The zero-order chi connectivity index (χ0) is 18.1. The fourth-order valence-electron chi connectivity index (χ4n) is 2.88. The van der Waals surface area contributed by atoms with Crippen molar-refractivity contribution in [1.82, 2.24) is 10.3 Å². The molecule has 2 aromatic carbocycles. The number of aryl methyl sites for hydroxylation is 1. The minimum atomic E-state index is -0.0796. The summed E-state index contributed by atoms with van der Waals surface area (Å²) in [6, 6.07) is 17.9. The highest BCUT2D eigenvalue weighted by molar-refractivity contribution is 7.20. The van der Waals surface area contributed by atoms with E-state index < -0.39 is 0 Å². The number of ether oxygens (including phenoxy) is 1. The van der Waals surface area contributed by atoms with E-state index in [2.05, 4.69) is 35.4 Å². The first-order chi connectivity index (χ1) is 12.6. The third-order valence-corrected chi connectivity index (χ3v) is 5.34. The van der Waals surface area contributed by atoms with E-state index >= 15 is 0 Å². The smallest absolute Gasteiger partial charge is 0.261 e. The van der Waals surface area contributed by atoms with Crippen LogP contribution in [0.3, 0.4) is 0 Å². The van der Waals surface area contributed by atoms with Gasteiger partial charge in [-0.15, -0.1) is 11.3 Å². The number of thiophene rings is 1. The lowest BCUT2D eigenvalue weighted by atomic mass is 10.1. The maximum Gasteiger partial charge on any atom is 0.261 e. The molecule has 0 radical (unpaired) electrons. The summed E-state index contributed by atoms with van der Waals surface area (Å²) in [5, 5.41) is 5.07. The van der Waals surface area contributed by atoms with Crippen molar-refractivity contribution in [2.24, 2.45) is 0 Å². The van der Waals surface area contributed by atoms with Gasteiger partial charge in [0, 0.05) is 17.3 Å². The van der Waals surface area contributed by atoms with E-state index in [0.717, 1.165) is 32.4 Å². The lowest BCUT2D eigenvalue weighted by molar-refractivity contribution is 0.0955. The van der Waals surface area contributed by atoms with E-state index in [4.69, 9.17) is 4.74 Å². The molecule has 130 valence electrons. The molecule has 4 rings (SSSR count). The molecule has 0 saturated carbocycles. The van der Waals surface area contributed by atoms with Gasteiger partial charge >= 0.3 is 0 Å². The molecule has 4 nitrogen and oxygen atoms in total. The number of rotatable bonds is 4. The second-order valence-corrected chi connectivity index (χ2v) is 7.25. The van der Waals surface area contributed by atoms with Crippen LogP contribution >= 0.6 is 11.3 Å². The molecule has 0 atom stereocenters. The van der Waals surface area contributed by atoms with E-state index in [-0.39, 0.29) is 5.91 Å². The number of pyridine rings is 1. The molecule has 2 aromatic heterocycles. The summed E-state index contributed by atoms with van der Waals surface area (Å²) in [7, 11) is 1.64. The summed E-state index contributed by atoms with van der Waals surface area (Å²) in [6.45, 7) is 2.54. The number of fused-ring (bicyclic) bond motifs is 2. The maximum atomic E-state index is 12.5. The molecule has 2 heterocycles. The molecule has 0 unspecified atom stereocenters. The predicted octanol–water partition coefficient (Wildman–Crippen LogP) is 4.70. The Morgan fingerprint density at radius 2 is 1.88 bits per heavy atom. The standard InChI is InChI=1S/C21H18N2O2S/c1-13-3-8-18-15(9-13)10-16-11-19(26-21(16)23-18)20(24)22-12-14-4-6-17(25-2)7-5-14/h3-11H,12H2,1-2H3,(H,22,24). The quantitative estimate of drug-likeness (QED) is 0.573. The number of carbonyl (C=O) groups is 1. The van der Waals surface area contributed by atoms with Gasteiger partial charge in [0.05, 0.1) is 17.5 Å². The van der Waals surface area contributed by atoms with Crippen molar-refractivity contribution in [2.75, 3.05) is 7.11 Å². The second-order valence-electron chi connectivity index (χ2n) is 6.22. The van der Waals surface area contributed by atoms with E-state index in [1.807, 2.05) is 36.4 Å². The molecule has 26 heavy (non-hydrogen) atoms. The Morgan fingerprint density at radius 1 is 1.08 bits per heavy atom. The van der Waals surface area contributed by atoms with Gasteiger partial charge in [0.1, 0.15) is 10.6 Å². The van der Waals surface area contributed by atoms with E-state index in [0.29, 0.717) is 11.4 Å². The number of aromatic nitrogens is 1. The van der Waals surface area contributed by atoms with Crippen LogP contribution in [-0.4, -0.2) is 18.0 Å². The van der Waals surface area contributed by atoms with Crippen molar-refractivity contribution < 1.29 is 9.53 Å². The highest BCUT2D eigenvalue weighted by atomic mass is 32.1. The fraction of sp³-hybridized carbons (Fsp3) is 0.143. The fourth-order valence-corrected chi connectivity index (χ4v) is 3.82. The minimum absolute atomic E-state index is 0.0796. The molecular weight excluding hydrogens is 344 g/mol. The van der Waals surface area contributed by atoms with Gasteiger partial charge in [-0.3, -0.25) is 4.79 Å². The number of methoxy groups -OCH3 is 1. The highest BCUT2D eigenvalue weighted by Gasteiger charge is 2.12. The van der Waals surface area contributed by atoms with Gasteiger partial charge in [0.25, 0.3) is 5.91 Å². The topological polar surface area (TPSA) is 51.2 Å². The minimum Gasteiger partial charge on any atom is -0.497 e. The first kappa shape index (κ1) is 16.5. The van der Waals surface area contributed by atoms with Gasteiger partial charge in [-0.25, -0.2) is 4.98 Å². The first-order valence-corrected chi connectivity index (χ1v) is 9.16. The van der Waals surface area contributed by atoms with Crippen molar-refractivity contribution >= 4 is 38.4 Å². The van der Waals surface area contributed by atoms with Gasteiger partial charge < -0.3 is 10.1 Å².